The van der Waals surface area contributed by atoms with Crippen LogP contribution in [0.1, 0.15) is 42.0 Å². The number of benzene rings is 2. The summed E-state index contributed by atoms with van der Waals surface area (Å²) >= 11 is 0. The maximum atomic E-state index is 14.1. The molecule has 1 saturated heterocycles. The van der Waals surface area contributed by atoms with E-state index in [1.807, 2.05) is 18.2 Å². The molecule has 1 aliphatic heterocycles. The lowest BCUT2D eigenvalue weighted by molar-refractivity contribution is 0.164. The van der Waals surface area contributed by atoms with E-state index >= 15 is 0 Å². The summed E-state index contributed by atoms with van der Waals surface area (Å²) in [6.07, 6.45) is 3.68. The van der Waals surface area contributed by atoms with Crippen LogP contribution in [0.3, 0.4) is 0 Å². The Morgan fingerprint density at radius 1 is 1.16 bits per heavy atom. The summed E-state index contributed by atoms with van der Waals surface area (Å²) in [6.45, 7) is 3.05. The third kappa shape index (κ3) is 6.19. The first kappa shape index (κ1) is 22.6. The molecule has 0 amide bonds. The molecule has 2 aromatic rings. The highest BCUT2D eigenvalue weighted by molar-refractivity contribution is 5.79. The van der Waals surface area contributed by atoms with E-state index in [9.17, 15) is 4.39 Å². The third-order valence-electron chi connectivity index (χ3n) is 5.64. The molecule has 6 nitrogen and oxygen atoms in total. The average Bonchev–Trinajstić information content (AvgIpc) is 2.83. The van der Waals surface area contributed by atoms with Gasteiger partial charge in [-0.05, 0) is 61.8 Å². The average molecular weight is 424 g/mol. The van der Waals surface area contributed by atoms with Crippen LogP contribution in [-0.4, -0.2) is 44.7 Å². The van der Waals surface area contributed by atoms with Crippen LogP contribution in [-0.2, 0) is 6.54 Å². The second-order valence-electron chi connectivity index (χ2n) is 7.61. The van der Waals surface area contributed by atoms with Crippen LogP contribution in [0.5, 0.6) is 5.75 Å². The molecule has 31 heavy (non-hydrogen) atoms. The van der Waals surface area contributed by atoms with Gasteiger partial charge >= 0.3 is 0 Å². The second kappa shape index (κ2) is 11.3. The van der Waals surface area contributed by atoms with Gasteiger partial charge in [0.1, 0.15) is 11.6 Å². The van der Waals surface area contributed by atoms with Crippen molar-refractivity contribution in [2.24, 2.45) is 4.99 Å². The summed E-state index contributed by atoms with van der Waals surface area (Å²) in [7, 11) is 3.37. The number of guanidine groups is 1. The Hall–Kier alpha value is -3.11. The van der Waals surface area contributed by atoms with Crippen molar-refractivity contribution in [1.82, 2.24) is 15.5 Å². The van der Waals surface area contributed by atoms with Crippen molar-refractivity contribution in [3.63, 3.8) is 0 Å². The number of hydrogen-bond donors (Lipinski definition) is 2. The zero-order valence-corrected chi connectivity index (χ0v) is 18.2. The third-order valence-corrected chi connectivity index (χ3v) is 5.64. The number of nitrogens with one attached hydrogen (secondary N) is 2. The summed E-state index contributed by atoms with van der Waals surface area (Å²) in [4.78, 5) is 6.78. The van der Waals surface area contributed by atoms with E-state index < -0.39 is 0 Å². The van der Waals surface area contributed by atoms with E-state index in [2.05, 4.69) is 32.7 Å². The maximum Gasteiger partial charge on any atom is 0.191 e. The fraction of sp³-hybridized carbons (Fsp3) is 0.417. The number of nitrogens with zero attached hydrogens (tertiary/aromatic N) is 3. The van der Waals surface area contributed by atoms with Crippen LogP contribution in [0.2, 0.25) is 0 Å². The summed E-state index contributed by atoms with van der Waals surface area (Å²) in [5.41, 5.74) is 2.09. The molecule has 1 fully saturated rings. The molecule has 2 aromatic carbocycles. The predicted octanol–water partition coefficient (Wildman–Crippen LogP) is 3.60. The topological polar surface area (TPSA) is 72.7 Å². The molecule has 164 valence electrons. The van der Waals surface area contributed by atoms with Crippen LogP contribution in [0.15, 0.2) is 47.5 Å². The van der Waals surface area contributed by atoms with E-state index in [1.165, 1.54) is 37.0 Å². The minimum absolute atomic E-state index is 0.198. The van der Waals surface area contributed by atoms with Gasteiger partial charge in [0.2, 0.25) is 0 Å². The van der Waals surface area contributed by atoms with Crippen LogP contribution in [0.4, 0.5) is 4.39 Å². The molecule has 0 radical (unpaired) electrons. The Bertz CT molecular complexity index is 917. The van der Waals surface area contributed by atoms with Crippen molar-refractivity contribution in [1.29, 1.82) is 5.26 Å². The Morgan fingerprint density at radius 2 is 1.90 bits per heavy atom. The van der Waals surface area contributed by atoms with Crippen molar-refractivity contribution < 1.29 is 9.13 Å². The van der Waals surface area contributed by atoms with Crippen LogP contribution in [0.25, 0.3) is 0 Å². The number of rotatable bonds is 7. The summed E-state index contributed by atoms with van der Waals surface area (Å²) in [6, 6.07) is 14.8. The molecule has 1 heterocycles. The summed E-state index contributed by atoms with van der Waals surface area (Å²) in [5, 5.41) is 15.6. The van der Waals surface area contributed by atoms with Gasteiger partial charge in [0.05, 0.1) is 24.8 Å². The van der Waals surface area contributed by atoms with Gasteiger partial charge in [0, 0.05) is 25.7 Å². The number of ether oxygens (including phenoxy) is 1. The van der Waals surface area contributed by atoms with Gasteiger partial charge in [0.25, 0.3) is 0 Å². The Kier molecular flexibility index (Phi) is 8.25. The number of aliphatic imine (C=N–C) groups is 1. The SMILES string of the molecule is CN=C(NCc1cc(C#N)ccc1F)NCC(c1ccc(OC)cc1)N1CCCCC1. The standard InChI is InChI=1S/C24H30FN5O/c1-27-24(28-16-20-14-18(15-26)6-11-22(20)25)29-17-23(30-12-4-3-5-13-30)19-7-9-21(31-2)10-8-19/h6-11,14,23H,3-5,12-13,16-17H2,1-2H3,(H2,27,28,29). The number of hydrogen-bond acceptors (Lipinski definition) is 4. The Balaban J connectivity index is 1.66. The number of piperidine rings is 1. The normalized spacial score (nSPS) is 15.7. The Morgan fingerprint density at radius 3 is 2.55 bits per heavy atom. The quantitative estimate of drug-likeness (QED) is 0.526. The number of likely N-dealkylation sites (tertiary alicyclic amines) is 1. The first-order valence-electron chi connectivity index (χ1n) is 10.7. The van der Waals surface area contributed by atoms with Gasteiger partial charge < -0.3 is 15.4 Å². The lowest BCUT2D eigenvalue weighted by Crippen LogP contribution is -2.44. The van der Waals surface area contributed by atoms with E-state index in [0.29, 0.717) is 23.6 Å². The molecule has 0 saturated carbocycles. The lowest BCUT2D eigenvalue weighted by Gasteiger charge is -2.35. The van der Waals surface area contributed by atoms with Crippen molar-refractivity contribution in [2.45, 2.75) is 31.8 Å². The monoisotopic (exact) mass is 423 g/mol. The molecule has 0 aliphatic carbocycles. The van der Waals surface area contributed by atoms with E-state index in [4.69, 9.17) is 10.00 Å². The predicted molar refractivity (Wildman–Crippen MR) is 120 cm³/mol. The molecule has 1 unspecified atom stereocenters. The largest absolute Gasteiger partial charge is 0.497 e. The molecular weight excluding hydrogens is 393 g/mol. The van der Waals surface area contributed by atoms with Crippen LogP contribution < -0.4 is 15.4 Å². The summed E-state index contributed by atoms with van der Waals surface area (Å²) in [5.74, 6) is 1.09. The minimum Gasteiger partial charge on any atom is -0.497 e. The fourth-order valence-electron chi connectivity index (χ4n) is 3.89. The molecule has 0 spiro atoms. The lowest BCUT2D eigenvalue weighted by atomic mass is 10.0. The van der Waals surface area contributed by atoms with Gasteiger partial charge in [-0.2, -0.15) is 5.26 Å². The fourth-order valence-corrected chi connectivity index (χ4v) is 3.89. The smallest absolute Gasteiger partial charge is 0.191 e. The van der Waals surface area contributed by atoms with E-state index in [-0.39, 0.29) is 18.4 Å². The molecule has 3 rings (SSSR count). The molecule has 1 atom stereocenters. The highest BCUT2D eigenvalue weighted by atomic mass is 19.1. The van der Waals surface area contributed by atoms with Crippen LogP contribution in [0, 0.1) is 17.1 Å². The van der Waals surface area contributed by atoms with Crippen molar-refractivity contribution in [3.05, 3.63) is 65.0 Å². The van der Waals surface area contributed by atoms with Gasteiger partial charge in [-0.3, -0.25) is 9.89 Å². The molecule has 0 bridgehead atoms. The first-order chi connectivity index (χ1) is 15.1. The molecule has 2 N–H and O–H groups in total. The van der Waals surface area contributed by atoms with Crippen LogP contribution >= 0.6 is 0 Å². The molecule has 1 aliphatic rings. The van der Waals surface area contributed by atoms with Gasteiger partial charge in [-0.1, -0.05) is 18.6 Å². The van der Waals surface area contributed by atoms with Crippen molar-refractivity contribution >= 4 is 5.96 Å². The molecule has 7 heteroatoms. The highest BCUT2D eigenvalue weighted by Gasteiger charge is 2.22. The van der Waals surface area contributed by atoms with E-state index in [0.717, 1.165) is 18.8 Å². The number of nitriles is 1. The first-order valence-corrected chi connectivity index (χ1v) is 10.7. The Labute approximate surface area is 183 Å². The number of halogens is 1. The van der Waals surface area contributed by atoms with Gasteiger partial charge in [-0.25, -0.2) is 4.39 Å². The maximum absolute atomic E-state index is 14.1. The van der Waals surface area contributed by atoms with Gasteiger partial charge in [0.15, 0.2) is 5.96 Å². The van der Waals surface area contributed by atoms with Crippen molar-refractivity contribution in [3.8, 4) is 11.8 Å². The number of methoxy groups -OCH3 is 1. The van der Waals surface area contributed by atoms with E-state index in [1.54, 1.807) is 20.2 Å². The zero-order chi connectivity index (χ0) is 22.1. The van der Waals surface area contributed by atoms with Crippen molar-refractivity contribution in [2.75, 3.05) is 33.8 Å². The summed E-state index contributed by atoms with van der Waals surface area (Å²) < 4.78 is 19.4. The second-order valence-corrected chi connectivity index (χ2v) is 7.61. The molecule has 0 aromatic heterocycles. The van der Waals surface area contributed by atoms with Gasteiger partial charge in [-0.15, -0.1) is 0 Å². The molecular formula is C24H30FN5O. The highest BCUT2D eigenvalue weighted by Crippen LogP contribution is 2.25. The minimum atomic E-state index is -0.341. The zero-order valence-electron chi connectivity index (χ0n) is 18.2.